The average molecular weight is 485 g/mol. The third-order valence-electron chi connectivity index (χ3n) is 5.31. The van der Waals surface area contributed by atoms with Crippen molar-refractivity contribution < 1.29 is 38.7 Å². The fraction of sp³-hybridized carbons (Fsp3) is 0.292. The van der Waals surface area contributed by atoms with Crippen LogP contribution in [0.1, 0.15) is 18.5 Å². The number of aryl methyl sites for hydroxylation is 1. The van der Waals surface area contributed by atoms with Gasteiger partial charge in [-0.15, -0.1) is 0 Å². The molecule has 2 unspecified atom stereocenters. The molecular weight excluding hydrogens is 461 g/mol. The first-order valence-electron chi connectivity index (χ1n) is 10.7. The summed E-state index contributed by atoms with van der Waals surface area (Å²) in [5.74, 6) is -1.03. The van der Waals surface area contributed by atoms with E-state index >= 15 is 4.39 Å². The molecule has 0 bridgehead atoms. The molecule has 0 saturated heterocycles. The Morgan fingerprint density at radius 1 is 1.09 bits per heavy atom. The Morgan fingerprint density at radius 3 is 2.63 bits per heavy atom. The molecule has 0 aliphatic rings. The zero-order valence-electron chi connectivity index (χ0n) is 19.0. The summed E-state index contributed by atoms with van der Waals surface area (Å²) in [5.41, 5.74) is 1.90. The van der Waals surface area contributed by atoms with Crippen LogP contribution in [0.4, 0.5) is 4.39 Å². The Bertz CT molecular complexity index is 1370. The van der Waals surface area contributed by atoms with E-state index in [1.807, 2.05) is 6.92 Å². The minimum Gasteiger partial charge on any atom is -0.493 e. The molecule has 2 atom stereocenters. The molecule has 2 aromatic carbocycles. The van der Waals surface area contributed by atoms with Crippen LogP contribution in [0.5, 0.6) is 23.1 Å². The van der Waals surface area contributed by atoms with Crippen molar-refractivity contribution in [3.63, 3.8) is 0 Å². The highest BCUT2D eigenvalue weighted by Gasteiger charge is 2.19. The molecule has 0 saturated carbocycles. The minimum absolute atomic E-state index is 0.00108. The highest BCUT2D eigenvalue weighted by atomic mass is 19.1. The van der Waals surface area contributed by atoms with Gasteiger partial charge in [0.15, 0.2) is 23.1 Å². The zero-order valence-corrected chi connectivity index (χ0v) is 19.0. The second-order valence-electron chi connectivity index (χ2n) is 8.04. The van der Waals surface area contributed by atoms with Gasteiger partial charge in [0, 0.05) is 29.1 Å². The van der Waals surface area contributed by atoms with Crippen LogP contribution in [0.15, 0.2) is 36.7 Å². The summed E-state index contributed by atoms with van der Waals surface area (Å²) in [4.78, 5) is 22.1. The van der Waals surface area contributed by atoms with E-state index < -0.39 is 30.4 Å². The van der Waals surface area contributed by atoms with Gasteiger partial charge in [-0.2, -0.15) is 0 Å². The van der Waals surface area contributed by atoms with Crippen molar-refractivity contribution in [1.29, 1.82) is 0 Å². The molecule has 0 radical (unpaired) electrons. The van der Waals surface area contributed by atoms with Crippen molar-refractivity contribution in [2.45, 2.75) is 32.0 Å². The molecule has 4 rings (SSSR count). The number of methoxy groups -OCH3 is 1. The van der Waals surface area contributed by atoms with E-state index in [9.17, 15) is 15.0 Å². The fourth-order valence-corrected chi connectivity index (χ4v) is 3.72. The minimum atomic E-state index is -1.20. The average Bonchev–Trinajstić information content (AvgIpc) is 3.19. The van der Waals surface area contributed by atoms with E-state index in [4.69, 9.17) is 19.3 Å². The van der Waals surface area contributed by atoms with Crippen LogP contribution in [-0.2, 0) is 4.79 Å². The molecule has 0 spiro atoms. The van der Waals surface area contributed by atoms with E-state index in [0.29, 0.717) is 21.8 Å². The second kappa shape index (κ2) is 10.1. The number of nitrogens with zero attached hydrogens (tertiary/aromatic N) is 2. The van der Waals surface area contributed by atoms with E-state index in [-0.39, 0.29) is 36.2 Å². The number of nitrogens with one attached hydrogen (secondary N) is 1. The van der Waals surface area contributed by atoms with Gasteiger partial charge < -0.3 is 34.5 Å². The first-order chi connectivity index (χ1) is 16.7. The summed E-state index contributed by atoms with van der Waals surface area (Å²) < 4.78 is 31.8. The van der Waals surface area contributed by atoms with Crippen LogP contribution >= 0.6 is 0 Å². The number of hydrogen-bond acceptors (Lipinski definition) is 8. The lowest BCUT2D eigenvalue weighted by Crippen LogP contribution is -2.25. The summed E-state index contributed by atoms with van der Waals surface area (Å²) in [6, 6.07) is 8.05. The predicted molar refractivity (Wildman–Crippen MR) is 124 cm³/mol. The van der Waals surface area contributed by atoms with E-state index in [2.05, 4.69) is 15.0 Å². The number of ether oxygens (including phenoxy) is 3. The molecule has 11 heteroatoms. The lowest BCUT2D eigenvalue weighted by atomic mass is 10.1. The van der Waals surface area contributed by atoms with Crippen molar-refractivity contribution in [3.05, 3.63) is 48.2 Å². The van der Waals surface area contributed by atoms with E-state index in [0.717, 1.165) is 5.69 Å². The van der Waals surface area contributed by atoms with Gasteiger partial charge in [0.05, 0.1) is 36.6 Å². The zero-order chi connectivity index (χ0) is 25.1. The van der Waals surface area contributed by atoms with Crippen molar-refractivity contribution in [3.8, 4) is 23.1 Å². The largest absolute Gasteiger partial charge is 0.493 e. The maximum absolute atomic E-state index is 15.0. The molecule has 184 valence electrons. The first-order valence-corrected chi connectivity index (χ1v) is 10.7. The molecule has 0 aliphatic carbocycles. The highest BCUT2D eigenvalue weighted by molar-refractivity contribution is 5.87. The van der Waals surface area contributed by atoms with Crippen molar-refractivity contribution in [2.24, 2.45) is 0 Å². The monoisotopic (exact) mass is 485 g/mol. The molecule has 2 heterocycles. The number of aliphatic hydroxyl groups excluding tert-OH is 2. The third kappa shape index (κ3) is 5.42. The molecule has 10 nitrogen and oxygen atoms in total. The number of H-pyrrole nitrogens is 1. The number of carbonyl (C=O) groups is 1. The maximum atomic E-state index is 15.0. The molecule has 4 aromatic rings. The summed E-state index contributed by atoms with van der Waals surface area (Å²) >= 11 is 0. The predicted octanol–water partition coefficient (Wildman–Crippen LogP) is 3.32. The second-order valence-corrected chi connectivity index (χ2v) is 8.04. The molecule has 0 amide bonds. The first kappa shape index (κ1) is 24.2. The standard InChI is InChI=1S/C24H24FN3O7/c1-12-5-15-17(28-12)3-4-19(23(15)25)35-24-16-8-20(33-2)21(9-18(16)26-11-27-24)34-10-14(30)6-13(29)7-22(31)32/h3-5,8-9,11,13-14,28-30H,6-7,10H2,1-2H3,(H,31,32). The number of benzene rings is 2. The number of aromatic amines is 1. The van der Waals surface area contributed by atoms with Gasteiger partial charge in [-0.1, -0.05) is 0 Å². The Morgan fingerprint density at radius 2 is 1.89 bits per heavy atom. The Labute approximate surface area is 198 Å². The van der Waals surface area contributed by atoms with Crippen LogP contribution in [0, 0.1) is 12.7 Å². The van der Waals surface area contributed by atoms with Crippen molar-refractivity contribution in [1.82, 2.24) is 15.0 Å². The maximum Gasteiger partial charge on any atom is 0.305 e. The Kier molecular flexibility index (Phi) is 6.99. The van der Waals surface area contributed by atoms with Gasteiger partial charge in [-0.05, 0) is 31.2 Å². The van der Waals surface area contributed by atoms with Crippen LogP contribution in [-0.4, -0.2) is 62.2 Å². The number of aliphatic hydroxyl groups is 2. The number of carboxylic acids is 1. The molecule has 2 aromatic heterocycles. The van der Waals surface area contributed by atoms with Gasteiger partial charge in [0.1, 0.15) is 12.9 Å². The smallest absolute Gasteiger partial charge is 0.305 e. The lowest BCUT2D eigenvalue weighted by molar-refractivity contribution is -0.139. The van der Waals surface area contributed by atoms with Gasteiger partial charge in [0.25, 0.3) is 0 Å². The van der Waals surface area contributed by atoms with Crippen molar-refractivity contribution >= 4 is 27.8 Å². The molecule has 35 heavy (non-hydrogen) atoms. The quantitative estimate of drug-likeness (QED) is 0.265. The number of carboxylic acid groups (broad SMARTS) is 1. The van der Waals surface area contributed by atoms with Gasteiger partial charge >= 0.3 is 5.97 Å². The number of fused-ring (bicyclic) bond motifs is 2. The van der Waals surface area contributed by atoms with Gasteiger partial charge in [0.2, 0.25) is 5.88 Å². The normalized spacial score (nSPS) is 13.1. The van der Waals surface area contributed by atoms with E-state index in [1.54, 1.807) is 24.3 Å². The van der Waals surface area contributed by atoms with E-state index in [1.165, 1.54) is 19.5 Å². The molecular formula is C24H24FN3O7. The number of rotatable bonds is 10. The topological polar surface area (TPSA) is 147 Å². The van der Waals surface area contributed by atoms with Crippen LogP contribution in [0.25, 0.3) is 21.8 Å². The summed E-state index contributed by atoms with van der Waals surface area (Å²) in [7, 11) is 1.42. The van der Waals surface area contributed by atoms with Crippen LogP contribution in [0.3, 0.4) is 0 Å². The summed E-state index contributed by atoms with van der Waals surface area (Å²) in [5, 5.41) is 29.3. The van der Waals surface area contributed by atoms with Gasteiger partial charge in [-0.25, -0.2) is 14.4 Å². The molecule has 0 fully saturated rings. The molecule has 4 N–H and O–H groups in total. The molecule has 0 aliphatic heterocycles. The highest BCUT2D eigenvalue weighted by Crippen LogP contribution is 2.37. The van der Waals surface area contributed by atoms with Crippen LogP contribution < -0.4 is 14.2 Å². The Hall–Kier alpha value is -3.96. The Balaban J connectivity index is 1.57. The summed E-state index contributed by atoms with van der Waals surface area (Å²) in [6.45, 7) is 1.62. The van der Waals surface area contributed by atoms with Crippen molar-refractivity contribution in [2.75, 3.05) is 13.7 Å². The number of halogens is 1. The number of hydrogen-bond donors (Lipinski definition) is 4. The SMILES string of the molecule is COc1cc2c(Oc3ccc4[nH]c(C)cc4c3F)ncnc2cc1OCC(O)CC(O)CC(=O)O. The van der Waals surface area contributed by atoms with Crippen LogP contribution in [0.2, 0.25) is 0 Å². The summed E-state index contributed by atoms with van der Waals surface area (Å²) in [6.07, 6.45) is -1.69. The number of aromatic nitrogens is 3. The third-order valence-corrected chi connectivity index (χ3v) is 5.31. The fourth-order valence-electron chi connectivity index (χ4n) is 3.72. The van der Waals surface area contributed by atoms with Gasteiger partial charge in [-0.3, -0.25) is 4.79 Å². The lowest BCUT2D eigenvalue weighted by Gasteiger charge is -2.17. The number of aliphatic carboxylic acids is 1.